The summed E-state index contributed by atoms with van der Waals surface area (Å²) in [5, 5.41) is 10.1. The first kappa shape index (κ1) is 17.7. The number of carbonyl (C=O) groups is 1. The van der Waals surface area contributed by atoms with Crippen molar-refractivity contribution in [3.05, 3.63) is 29.3 Å². The van der Waals surface area contributed by atoms with Crippen LogP contribution in [0.3, 0.4) is 0 Å². The summed E-state index contributed by atoms with van der Waals surface area (Å²) < 4.78 is 1.89. The van der Waals surface area contributed by atoms with Crippen molar-refractivity contribution in [3.8, 4) is 0 Å². The molecule has 0 unspecified atom stereocenters. The fourth-order valence-corrected chi connectivity index (χ4v) is 2.55. The molecule has 2 amide bonds. The first-order valence-corrected chi connectivity index (χ1v) is 8.04. The molecule has 0 aromatic carbocycles. The van der Waals surface area contributed by atoms with Crippen LogP contribution in [0.2, 0.25) is 0 Å². The van der Waals surface area contributed by atoms with Gasteiger partial charge in [0, 0.05) is 38.9 Å². The molecule has 0 aliphatic heterocycles. The van der Waals surface area contributed by atoms with Gasteiger partial charge in [0.1, 0.15) is 0 Å². The van der Waals surface area contributed by atoms with Crippen LogP contribution in [0.1, 0.15) is 30.8 Å². The van der Waals surface area contributed by atoms with Crippen molar-refractivity contribution in [1.29, 1.82) is 0 Å². The predicted octanol–water partition coefficient (Wildman–Crippen LogP) is 1.72. The lowest BCUT2D eigenvalue weighted by atomic mass is 10.1. The Balaban J connectivity index is 1.98. The Morgan fingerprint density at radius 3 is 2.42 bits per heavy atom. The normalized spacial score (nSPS) is 10.5. The van der Waals surface area contributed by atoms with Crippen molar-refractivity contribution >= 4 is 17.7 Å². The number of anilines is 2. The molecule has 8 nitrogen and oxygen atoms in total. The third-order valence-corrected chi connectivity index (χ3v) is 3.75. The van der Waals surface area contributed by atoms with Gasteiger partial charge < -0.3 is 15.5 Å². The van der Waals surface area contributed by atoms with E-state index in [1.54, 1.807) is 17.3 Å². The second kappa shape index (κ2) is 7.76. The predicted molar refractivity (Wildman–Crippen MR) is 94.2 cm³/mol. The summed E-state index contributed by atoms with van der Waals surface area (Å²) in [5.74, 6) is 0.594. The number of aromatic nitrogens is 4. The van der Waals surface area contributed by atoms with Gasteiger partial charge in [-0.15, -0.1) is 0 Å². The highest BCUT2D eigenvalue weighted by molar-refractivity contribution is 5.88. The molecular formula is C16H25N7O. The van der Waals surface area contributed by atoms with Crippen molar-refractivity contribution in [3.63, 3.8) is 0 Å². The van der Waals surface area contributed by atoms with Crippen LogP contribution in [0, 0.1) is 0 Å². The van der Waals surface area contributed by atoms with Crippen molar-refractivity contribution in [1.82, 2.24) is 25.1 Å². The average Bonchev–Trinajstić information content (AvgIpc) is 2.88. The third kappa shape index (κ3) is 4.01. The maximum absolute atomic E-state index is 12.1. The van der Waals surface area contributed by atoms with Crippen LogP contribution < -0.4 is 15.5 Å². The van der Waals surface area contributed by atoms with Crippen molar-refractivity contribution in [2.75, 3.05) is 24.3 Å². The van der Waals surface area contributed by atoms with Crippen LogP contribution in [0.5, 0.6) is 0 Å². The Bertz CT molecular complexity index is 691. The number of carbonyl (C=O) groups excluding carboxylic acids is 1. The van der Waals surface area contributed by atoms with E-state index in [2.05, 4.69) is 39.5 Å². The van der Waals surface area contributed by atoms with Gasteiger partial charge in [-0.05, 0) is 12.8 Å². The van der Waals surface area contributed by atoms with Crippen molar-refractivity contribution in [2.24, 2.45) is 7.05 Å². The molecule has 0 saturated heterocycles. The second-order valence-corrected chi connectivity index (χ2v) is 5.68. The van der Waals surface area contributed by atoms with Gasteiger partial charge in [-0.3, -0.25) is 4.68 Å². The van der Waals surface area contributed by atoms with Crippen LogP contribution in [0.4, 0.5) is 16.4 Å². The van der Waals surface area contributed by atoms with E-state index in [1.165, 1.54) is 0 Å². The summed E-state index contributed by atoms with van der Waals surface area (Å²) in [6.07, 6.45) is 4.89. The monoisotopic (exact) mass is 331 g/mol. The molecule has 2 heterocycles. The summed E-state index contributed by atoms with van der Waals surface area (Å²) in [6, 6.07) is -0.288. The maximum atomic E-state index is 12.1. The van der Waals surface area contributed by atoms with Gasteiger partial charge in [0.25, 0.3) is 0 Å². The molecule has 0 aliphatic rings. The molecule has 130 valence electrons. The van der Waals surface area contributed by atoms with Gasteiger partial charge >= 0.3 is 6.03 Å². The molecule has 0 radical (unpaired) electrons. The summed E-state index contributed by atoms with van der Waals surface area (Å²) in [4.78, 5) is 22.2. The molecule has 0 atom stereocenters. The lowest BCUT2D eigenvalue weighted by molar-refractivity contribution is 0.251. The standard InChI is InChI=1S/C16H25N7O/c1-6-13-12(14(7-2)23(5)21-13)10-19-16(24)20-11-8-17-15(18-9-11)22(3)4/h8-9H,6-7,10H2,1-5H3,(H2,19,20,24). The molecule has 24 heavy (non-hydrogen) atoms. The molecule has 0 spiro atoms. The summed E-state index contributed by atoms with van der Waals surface area (Å²) in [6.45, 7) is 4.60. The topological polar surface area (TPSA) is 88.0 Å². The summed E-state index contributed by atoms with van der Waals surface area (Å²) >= 11 is 0. The molecule has 8 heteroatoms. The minimum atomic E-state index is -0.288. The van der Waals surface area contributed by atoms with Gasteiger partial charge in [0.2, 0.25) is 5.95 Å². The minimum Gasteiger partial charge on any atom is -0.347 e. The highest BCUT2D eigenvalue weighted by Gasteiger charge is 2.14. The van der Waals surface area contributed by atoms with Crippen LogP contribution in [-0.2, 0) is 26.4 Å². The number of nitrogens with one attached hydrogen (secondary N) is 2. The first-order chi connectivity index (χ1) is 11.5. The van der Waals surface area contributed by atoms with Crippen LogP contribution in [-0.4, -0.2) is 39.9 Å². The Kier molecular flexibility index (Phi) is 5.73. The average molecular weight is 331 g/mol. The van der Waals surface area contributed by atoms with Gasteiger partial charge in [0.15, 0.2) is 0 Å². The first-order valence-electron chi connectivity index (χ1n) is 8.04. The van der Waals surface area contributed by atoms with Gasteiger partial charge in [0.05, 0.1) is 23.8 Å². The number of urea groups is 1. The molecule has 2 N–H and O–H groups in total. The van der Waals surface area contributed by atoms with Crippen LogP contribution in [0.25, 0.3) is 0 Å². The molecule has 0 aliphatic carbocycles. The highest BCUT2D eigenvalue weighted by Crippen LogP contribution is 2.15. The molecular weight excluding hydrogens is 306 g/mol. The number of nitrogens with zero attached hydrogens (tertiary/aromatic N) is 5. The zero-order chi connectivity index (χ0) is 17.7. The zero-order valence-electron chi connectivity index (χ0n) is 14.9. The summed E-state index contributed by atoms with van der Waals surface area (Å²) in [7, 11) is 5.66. The van der Waals surface area contributed by atoms with Crippen molar-refractivity contribution < 1.29 is 4.79 Å². The van der Waals surface area contributed by atoms with Gasteiger partial charge in [-0.2, -0.15) is 5.10 Å². The fourth-order valence-electron chi connectivity index (χ4n) is 2.55. The molecule has 0 saturated carbocycles. The molecule has 0 bridgehead atoms. The van der Waals surface area contributed by atoms with E-state index >= 15 is 0 Å². The van der Waals surface area contributed by atoms with Crippen LogP contribution >= 0.6 is 0 Å². The minimum absolute atomic E-state index is 0.288. The number of rotatable bonds is 6. The zero-order valence-corrected chi connectivity index (χ0v) is 14.9. The molecule has 2 aromatic heterocycles. The molecule has 2 aromatic rings. The van der Waals surface area contributed by atoms with E-state index in [0.29, 0.717) is 18.2 Å². The Hall–Kier alpha value is -2.64. The summed E-state index contributed by atoms with van der Waals surface area (Å²) in [5.41, 5.74) is 3.81. The smallest absolute Gasteiger partial charge is 0.319 e. The van der Waals surface area contributed by atoms with E-state index in [1.807, 2.05) is 25.8 Å². The number of hydrogen-bond acceptors (Lipinski definition) is 5. The van der Waals surface area contributed by atoms with Gasteiger partial charge in [-0.1, -0.05) is 13.8 Å². The Morgan fingerprint density at radius 1 is 1.21 bits per heavy atom. The number of amides is 2. The second-order valence-electron chi connectivity index (χ2n) is 5.68. The Morgan fingerprint density at radius 2 is 1.88 bits per heavy atom. The SMILES string of the molecule is CCc1nn(C)c(CC)c1CNC(=O)Nc1cnc(N(C)C)nc1. The highest BCUT2D eigenvalue weighted by atomic mass is 16.2. The lowest BCUT2D eigenvalue weighted by Gasteiger charge is -2.11. The number of hydrogen-bond donors (Lipinski definition) is 2. The fraction of sp³-hybridized carbons (Fsp3) is 0.500. The lowest BCUT2D eigenvalue weighted by Crippen LogP contribution is -2.29. The van der Waals surface area contributed by atoms with Crippen molar-refractivity contribution in [2.45, 2.75) is 33.2 Å². The largest absolute Gasteiger partial charge is 0.347 e. The molecule has 0 fully saturated rings. The third-order valence-electron chi connectivity index (χ3n) is 3.75. The number of aryl methyl sites for hydroxylation is 2. The van der Waals surface area contributed by atoms with E-state index in [9.17, 15) is 4.79 Å². The van der Waals surface area contributed by atoms with E-state index < -0.39 is 0 Å². The Labute approximate surface area is 142 Å². The van der Waals surface area contributed by atoms with E-state index in [-0.39, 0.29) is 6.03 Å². The molecule has 2 rings (SSSR count). The van der Waals surface area contributed by atoms with Crippen LogP contribution in [0.15, 0.2) is 12.4 Å². The van der Waals surface area contributed by atoms with Gasteiger partial charge in [-0.25, -0.2) is 14.8 Å². The van der Waals surface area contributed by atoms with E-state index in [4.69, 9.17) is 0 Å². The maximum Gasteiger partial charge on any atom is 0.319 e. The quantitative estimate of drug-likeness (QED) is 0.841. The van der Waals surface area contributed by atoms with E-state index in [0.717, 1.165) is 29.8 Å².